The standard InChI is InChI=1S/C21H16FN3O4S/c1-29-14-6-4-5-13(11-14)23-18(26)12-24-17-9-10-30-19(17)20(27)25(21(24)28)16-8-3-2-7-15(16)22/h2-11H,12H2,1H3,(H,23,26). The van der Waals surface area contributed by atoms with Crippen LogP contribution in [-0.2, 0) is 11.3 Å². The van der Waals surface area contributed by atoms with E-state index in [1.807, 2.05) is 0 Å². The smallest absolute Gasteiger partial charge is 0.336 e. The zero-order chi connectivity index (χ0) is 21.3. The maximum atomic E-state index is 14.3. The van der Waals surface area contributed by atoms with Gasteiger partial charge in [-0.15, -0.1) is 11.3 Å². The number of carbonyl (C=O) groups excluding carboxylic acids is 1. The highest BCUT2D eigenvalue weighted by Gasteiger charge is 2.19. The predicted octanol–water partition coefficient (Wildman–Crippen LogP) is 3.00. The van der Waals surface area contributed by atoms with E-state index in [-0.39, 0.29) is 16.9 Å². The first-order valence-corrected chi connectivity index (χ1v) is 9.79. The van der Waals surface area contributed by atoms with Crippen LogP contribution in [-0.4, -0.2) is 22.2 Å². The summed E-state index contributed by atoms with van der Waals surface area (Å²) < 4.78 is 21.6. The number of halogens is 1. The molecule has 1 amide bonds. The Morgan fingerprint density at radius 1 is 1.13 bits per heavy atom. The summed E-state index contributed by atoms with van der Waals surface area (Å²) in [4.78, 5) is 38.6. The molecule has 9 heteroatoms. The van der Waals surface area contributed by atoms with Crippen LogP contribution >= 0.6 is 11.3 Å². The van der Waals surface area contributed by atoms with Gasteiger partial charge in [0.25, 0.3) is 5.56 Å². The molecule has 0 unspecified atom stereocenters. The van der Waals surface area contributed by atoms with E-state index in [1.54, 1.807) is 35.7 Å². The number of thiophene rings is 1. The van der Waals surface area contributed by atoms with Crippen molar-refractivity contribution in [1.82, 2.24) is 9.13 Å². The second kappa shape index (κ2) is 7.96. The number of anilines is 1. The summed E-state index contributed by atoms with van der Waals surface area (Å²) in [6, 6.07) is 13.9. The Hall–Kier alpha value is -3.72. The van der Waals surface area contributed by atoms with Crippen molar-refractivity contribution in [2.75, 3.05) is 12.4 Å². The lowest BCUT2D eigenvalue weighted by molar-refractivity contribution is -0.116. The number of methoxy groups -OCH3 is 1. The van der Waals surface area contributed by atoms with Gasteiger partial charge in [0.1, 0.15) is 22.8 Å². The second-order valence-electron chi connectivity index (χ2n) is 6.38. The number of fused-ring (bicyclic) bond motifs is 1. The largest absolute Gasteiger partial charge is 0.497 e. The third-order valence-electron chi connectivity index (χ3n) is 4.50. The van der Waals surface area contributed by atoms with Gasteiger partial charge in [-0.1, -0.05) is 18.2 Å². The van der Waals surface area contributed by atoms with Crippen molar-refractivity contribution in [2.24, 2.45) is 0 Å². The molecular weight excluding hydrogens is 409 g/mol. The zero-order valence-electron chi connectivity index (χ0n) is 15.8. The molecule has 2 aromatic heterocycles. The van der Waals surface area contributed by atoms with Crippen LogP contribution in [0.2, 0.25) is 0 Å². The van der Waals surface area contributed by atoms with Crippen LogP contribution in [0.1, 0.15) is 0 Å². The summed E-state index contributed by atoms with van der Waals surface area (Å²) in [6.45, 7) is -0.349. The van der Waals surface area contributed by atoms with Gasteiger partial charge in [-0.2, -0.15) is 0 Å². The summed E-state index contributed by atoms with van der Waals surface area (Å²) in [6.07, 6.45) is 0. The van der Waals surface area contributed by atoms with E-state index >= 15 is 0 Å². The van der Waals surface area contributed by atoms with Crippen molar-refractivity contribution >= 4 is 33.1 Å². The molecule has 4 aromatic rings. The van der Waals surface area contributed by atoms with Gasteiger partial charge in [0.05, 0.1) is 18.3 Å². The number of aromatic nitrogens is 2. The second-order valence-corrected chi connectivity index (χ2v) is 7.29. The third kappa shape index (κ3) is 3.50. The topological polar surface area (TPSA) is 82.3 Å². The van der Waals surface area contributed by atoms with E-state index in [0.717, 1.165) is 20.5 Å². The van der Waals surface area contributed by atoms with Crippen LogP contribution in [0.4, 0.5) is 10.1 Å². The van der Waals surface area contributed by atoms with E-state index in [0.29, 0.717) is 17.0 Å². The highest BCUT2D eigenvalue weighted by atomic mass is 32.1. The molecule has 2 heterocycles. The monoisotopic (exact) mass is 425 g/mol. The van der Waals surface area contributed by atoms with E-state index in [2.05, 4.69) is 5.32 Å². The number of nitrogens with zero attached hydrogens (tertiary/aromatic N) is 2. The fourth-order valence-corrected chi connectivity index (χ4v) is 3.95. The Balaban J connectivity index is 1.78. The van der Waals surface area contributed by atoms with Crippen LogP contribution in [0.3, 0.4) is 0 Å². The number of rotatable bonds is 5. The fraction of sp³-hybridized carbons (Fsp3) is 0.0952. The molecule has 152 valence electrons. The normalized spacial score (nSPS) is 10.9. The lowest BCUT2D eigenvalue weighted by atomic mass is 10.3. The molecule has 2 aromatic carbocycles. The maximum Gasteiger partial charge on any atom is 0.336 e. The van der Waals surface area contributed by atoms with Gasteiger partial charge >= 0.3 is 5.69 Å². The van der Waals surface area contributed by atoms with Crippen molar-refractivity contribution < 1.29 is 13.9 Å². The number of ether oxygens (including phenoxy) is 1. The average Bonchev–Trinajstić information content (AvgIpc) is 3.23. The highest BCUT2D eigenvalue weighted by molar-refractivity contribution is 7.17. The van der Waals surface area contributed by atoms with E-state index < -0.39 is 23.0 Å². The molecule has 1 N–H and O–H groups in total. The highest BCUT2D eigenvalue weighted by Crippen LogP contribution is 2.19. The quantitative estimate of drug-likeness (QED) is 0.533. The molecule has 0 aliphatic carbocycles. The fourth-order valence-electron chi connectivity index (χ4n) is 3.13. The van der Waals surface area contributed by atoms with Gasteiger partial charge < -0.3 is 10.1 Å². The Morgan fingerprint density at radius 2 is 1.93 bits per heavy atom. The maximum absolute atomic E-state index is 14.3. The van der Waals surface area contributed by atoms with Crippen molar-refractivity contribution in [2.45, 2.75) is 6.54 Å². The molecule has 0 fully saturated rings. The van der Waals surface area contributed by atoms with Crippen LogP contribution in [0.15, 0.2) is 69.6 Å². The van der Waals surface area contributed by atoms with Gasteiger partial charge in [-0.3, -0.25) is 14.2 Å². The van der Waals surface area contributed by atoms with Gasteiger partial charge in [0.15, 0.2) is 0 Å². The molecule has 0 saturated heterocycles. The van der Waals surface area contributed by atoms with E-state index in [4.69, 9.17) is 4.74 Å². The minimum absolute atomic E-state index is 0.162. The van der Waals surface area contributed by atoms with Crippen LogP contribution in [0, 0.1) is 5.82 Å². The number of benzene rings is 2. The molecule has 7 nitrogen and oxygen atoms in total. The van der Waals surface area contributed by atoms with Gasteiger partial charge in [0, 0.05) is 11.8 Å². The molecule has 30 heavy (non-hydrogen) atoms. The van der Waals surface area contributed by atoms with Crippen molar-refractivity contribution in [3.63, 3.8) is 0 Å². The predicted molar refractivity (Wildman–Crippen MR) is 113 cm³/mol. The molecule has 0 atom stereocenters. The van der Waals surface area contributed by atoms with Crippen molar-refractivity contribution in [3.8, 4) is 11.4 Å². The van der Waals surface area contributed by atoms with Gasteiger partial charge in [-0.25, -0.2) is 13.8 Å². The summed E-state index contributed by atoms with van der Waals surface area (Å²) in [5, 5.41) is 4.34. The summed E-state index contributed by atoms with van der Waals surface area (Å²) in [7, 11) is 1.51. The summed E-state index contributed by atoms with van der Waals surface area (Å²) in [5.41, 5.74) is -0.763. The summed E-state index contributed by atoms with van der Waals surface area (Å²) >= 11 is 1.12. The van der Waals surface area contributed by atoms with Gasteiger partial charge in [0.2, 0.25) is 5.91 Å². The number of amides is 1. The third-order valence-corrected chi connectivity index (χ3v) is 5.39. The molecule has 0 aliphatic rings. The lowest BCUT2D eigenvalue weighted by Crippen LogP contribution is -2.40. The Labute approximate surface area is 173 Å². The molecule has 0 bridgehead atoms. The minimum Gasteiger partial charge on any atom is -0.497 e. The SMILES string of the molecule is COc1cccc(NC(=O)Cn2c(=O)n(-c3ccccc3F)c(=O)c3sccc32)c1. The van der Waals surface area contributed by atoms with E-state index in [1.165, 1.54) is 31.4 Å². The first kappa shape index (κ1) is 19.6. The molecule has 0 radical (unpaired) electrons. The minimum atomic E-state index is -0.795. The van der Waals surface area contributed by atoms with Gasteiger partial charge in [-0.05, 0) is 35.7 Å². The number of para-hydroxylation sites is 1. The molecule has 4 rings (SSSR count). The average molecular weight is 425 g/mol. The number of hydrogen-bond donors (Lipinski definition) is 1. The Morgan fingerprint density at radius 3 is 2.70 bits per heavy atom. The lowest BCUT2D eigenvalue weighted by Gasteiger charge is -2.13. The molecular formula is C21H16FN3O4S. The number of carbonyl (C=O) groups is 1. The van der Waals surface area contributed by atoms with E-state index in [9.17, 15) is 18.8 Å². The first-order valence-electron chi connectivity index (χ1n) is 8.91. The van der Waals surface area contributed by atoms with Crippen molar-refractivity contribution in [3.05, 3.63) is 86.6 Å². The number of nitrogens with one attached hydrogen (secondary N) is 1. The number of hydrogen-bond acceptors (Lipinski definition) is 5. The van der Waals surface area contributed by atoms with Crippen LogP contribution in [0.25, 0.3) is 15.9 Å². The molecule has 0 saturated carbocycles. The summed E-state index contributed by atoms with van der Waals surface area (Å²) in [5.74, 6) is -0.616. The molecule has 0 aliphatic heterocycles. The zero-order valence-corrected chi connectivity index (χ0v) is 16.6. The molecule has 0 spiro atoms. The first-order chi connectivity index (χ1) is 14.5. The van der Waals surface area contributed by atoms with Crippen LogP contribution in [0.5, 0.6) is 5.75 Å². The Bertz CT molecular complexity index is 1370. The van der Waals surface area contributed by atoms with Crippen molar-refractivity contribution in [1.29, 1.82) is 0 Å². The Kier molecular flexibility index (Phi) is 5.20. The van der Waals surface area contributed by atoms with Crippen LogP contribution < -0.4 is 21.3 Å².